The standard InChI is InChI=1S/C20H23FN4O2/c1-14-4-9-18(22-11-14)24-19(26)16-3-2-10-25(13-16)20(27)23-12-15-5-7-17(21)8-6-15/h4-9,11,16H,2-3,10,12-13H2,1H3,(H,23,27)(H,22,24,26)/t16-/m0/s1. The molecule has 0 spiro atoms. The van der Waals surface area contributed by atoms with Crippen LogP contribution in [0.4, 0.5) is 15.0 Å². The van der Waals surface area contributed by atoms with Crippen molar-refractivity contribution in [3.05, 3.63) is 59.5 Å². The van der Waals surface area contributed by atoms with E-state index in [0.717, 1.165) is 24.0 Å². The highest BCUT2D eigenvalue weighted by atomic mass is 19.1. The van der Waals surface area contributed by atoms with Gasteiger partial charge in [-0.25, -0.2) is 14.2 Å². The number of hydrogen-bond acceptors (Lipinski definition) is 3. The van der Waals surface area contributed by atoms with E-state index in [-0.39, 0.29) is 23.7 Å². The van der Waals surface area contributed by atoms with Gasteiger partial charge in [0.05, 0.1) is 5.92 Å². The second-order valence-electron chi connectivity index (χ2n) is 6.78. The number of carbonyl (C=O) groups is 2. The minimum atomic E-state index is -0.307. The molecule has 6 nitrogen and oxygen atoms in total. The minimum absolute atomic E-state index is 0.123. The quantitative estimate of drug-likeness (QED) is 0.869. The van der Waals surface area contributed by atoms with Crippen LogP contribution in [0.1, 0.15) is 24.0 Å². The van der Waals surface area contributed by atoms with Crippen LogP contribution in [-0.4, -0.2) is 34.9 Å². The number of benzene rings is 1. The van der Waals surface area contributed by atoms with Crippen LogP contribution in [0.3, 0.4) is 0 Å². The summed E-state index contributed by atoms with van der Waals surface area (Å²) in [5.74, 6) is -0.178. The van der Waals surface area contributed by atoms with E-state index < -0.39 is 0 Å². The zero-order valence-corrected chi connectivity index (χ0v) is 15.2. The summed E-state index contributed by atoms with van der Waals surface area (Å²) in [5, 5.41) is 5.64. The summed E-state index contributed by atoms with van der Waals surface area (Å²) in [6, 6.07) is 9.43. The van der Waals surface area contributed by atoms with Gasteiger partial charge in [0.15, 0.2) is 0 Å². The van der Waals surface area contributed by atoms with Gasteiger partial charge in [0.1, 0.15) is 11.6 Å². The number of pyridine rings is 1. The number of amides is 3. The molecule has 1 aromatic heterocycles. The third kappa shape index (κ3) is 5.26. The molecule has 2 aromatic rings. The molecule has 2 N–H and O–H groups in total. The largest absolute Gasteiger partial charge is 0.334 e. The van der Waals surface area contributed by atoms with E-state index in [4.69, 9.17) is 0 Å². The maximum absolute atomic E-state index is 12.9. The summed E-state index contributed by atoms with van der Waals surface area (Å²) in [6.45, 7) is 3.23. The van der Waals surface area contributed by atoms with Crippen LogP contribution in [0.25, 0.3) is 0 Å². The average Bonchev–Trinajstić information content (AvgIpc) is 2.69. The van der Waals surface area contributed by atoms with Gasteiger partial charge in [-0.05, 0) is 49.1 Å². The molecule has 27 heavy (non-hydrogen) atoms. The van der Waals surface area contributed by atoms with E-state index >= 15 is 0 Å². The molecule has 0 unspecified atom stereocenters. The Bertz CT molecular complexity index is 793. The molecule has 142 valence electrons. The summed E-state index contributed by atoms with van der Waals surface area (Å²) < 4.78 is 12.9. The van der Waals surface area contributed by atoms with Crippen LogP contribution in [-0.2, 0) is 11.3 Å². The number of nitrogens with zero attached hydrogens (tertiary/aromatic N) is 2. The molecule has 1 atom stereocenters. The molecule has 1 fully saturated rings. The van der Waals surface area contributed by atoms with E-state index in [1.54, 1.807) is 29.3 Å². The lowest BCUT2D eigenvalue weighted by Gasteiger charge is -2.32. The Kier molecular flexibility index (Phi) is 6.01. The van der Waals surface area contributed by atoms with Crippen molar-refractivity contribution in [1.82, 2.24) is 15.2 Å². The van der Waals surface area contributed by atoms with Crippen molar-refractivity contribution in [2.75, 3.05) is 18.4 Å². The number of rotatable bonds is 4. The first-order valence-electron chi connectivity index (χ1n) is 9.02. The van der Waals surface area contributed by atoms with Crippen molar-refractivity contribution in [3.8, 4) is 0 Å². The van der Waals surface area contributed by atoms with Crippen molar-refractivity contribution in [1.29, 1.82) is 0 Å². The topological polar surface area (TPSA) is 74.3 Å². The van der Waals surface area contributed by atoms with E-state index in [2.05, 4.69) is 15.6 Å². The summed E-state index contributed by atoms with van der Waals surface area (Å²) in [4.78, 5) is 30.7. The number of anilines is 1. The fourth-order valence-corrected chi connectivity index (χ4v) is 3.04. The Hall–Kier alpha value is -2.96. The van der Waals surface area contributed by atoms with Gasteiger partial charge in [-0.2, -0.15) is 0 Å². The highest BCUT2D eigenvalue weighted by Gasteiger charge is 2.28. The molecule has 0 saturated carbocycles. The maximum atomic E-state index is 12.9. The summed E-state index contributed by atoms with van der Waals surface area (Å²) in [6.07, 6.45) is 3.20. The summed E-state index contributed by atoms with van der Waals surface area (Å²) in [5.41, 5.74) is 1.84. The van der Waals surface area contributed by atoms with Gasteiger partial charge in [0, 0.05) is 25.8 Å². The first-order chi connectivity index (χ1) is 13.0. The summed E-state index contributed by atoms with van der Waals surface area (Å²) in [7, 11) is 0. The van der Waals surface area contributed by atoms with Crippen LogP contribution in [0.5, 0.6) is 0 Å². The molecule has 0 bridgehead atoms. The predicted molar refractivity (Wildman–Crippen MR) is 101 cm³/mol. The van der Waals surface area contributed by atoms with E-state index in [1.165, 1.54) is 12.1 Å². The molecule has 2 heterocycles. The first-order valence-corrected chi connectivity index (χ1v) is 9.02. The third-order valence-corrected chi connectivity index (χ3v) is 4.60. The Labute approximate surface area is 157 Å². The Balaban J connectivity index is 1.51. The normalized spacial score (nSPS) is 16.7. The van der Waals surface area contributed by atoms with Crippen molar-refractivity contribution < 1.29 is 14.0 Å². The van der Waals surface area contributed by atoms with Gasteiger partial charge in [0.2, 0.25) is 5.91 Å². The number of aromatic nitrogens is 1. The zero-order chi connectivity index (χ0) is 19.2. The number of urea groups is 1. The molecule has 1 saturated heterocycles. The Morgan fingerprint density at radius 1 is 1.22 bits per heavy atom. The van der Waals surface area contributed by atoms with Gasteiger partial charge < -0.3 is 15.5 Å². The molecule has 7 heteroatoms. The van der Waals surface area contributed by atoms with E-state index in [9.17, 15) is 14.0 Å². The van der Waals surface area contributed by atoms with Crippen molar-refractivity contribution in [2.45, 2.75) is 26.3 Å². The number of halogens is 1. The van der Waals surface area contributed by atoms with E-state index in [0.29, 0.717) is 25.5 Å². The van der Waals surface area contributed by atoms with Gasteiger partial charge in [-0.3, -0.25) is 4.79 Å². The second-order valence-corrected chi connectivity index (χ2v) is 6.78. The highest BCUT2D eigenvalue weighted by molar-refractivity contribution is 5.92. The molecule has 1 aromatic carbocycles. The maximum Gasteiger partial charge on any atom is 0.317 e. The van der Waals surface area contributed by atoms with Crippen LogP contribution < -0.4 is 10.6 Å². The van der Waals surface area contributed by atoms with Gasteiger partial charge in [0.25, 0.3) is 0 Å². The SMILES string of the molecule is Cc1ccc(NC(=O)[C@H]2CCCN(C(=O)NCc3ccc(F)cc3)C2)nc1. The van der Waals surface area contributed by atoms with Gasteiger partial charge in [-0.1, -0.05) is 18.2 Å². The van der Waals surface area contributed by atoms with E-state index in [1.807, 2.05) is 13.0 Å². The van der Waals surface area contributed by atoms with Gasteiger partial charge >= 0.3 is 6.03 Å². The number of carbonyl (C=O) groups excluding carboxylic acids is 2. The molecule has 0 radical (unpaired) electrons. The number of piperidine rings is 1. The van der Waals surface area contributed by atoms with Crippen molar-refractivity contribution >= 4 is 17.8 Å². The minimum Gasteiger partial charge on any atom is -0.334 e. The lowest BCUT2D eigenvalue weighted by Crippen LogP contribution is -2.47. The fourth-order valence-electron chi connectivity index (χ4n) is 3.04. The predicted octanol–water partition coefficient (Wildman–Crippen LogP) is 3.09. The van der Waals surface area contributed by atoms with Gasteiger partial charge in [-0.15, -0.1) is 0 Å². The molecule has 1 aliphatic heterocycles. The second kappa shape index (κ2) is 8.62. The Morgan fingerprint density at radius 2 is 2.00 bits per heavy atom. The molecular weight excluding hydrogens is 347 g/mol. The molecule has 0 aliphatic carbocycles. The number of hydrogen-bond donors (Lipinski definition) is 2. The van der Waals surface area contributed by atoms with Crippen LogP contribution in [0.15, 0.2) is 42.6 Å². The molecule has 3 rings (SSSR count). The lowest BCUT2D eigenvalue weighted by molar-refractivity contribution is -0.121. The molecular formula is C20H23FN4O2. The number of likely N-dealkylation sites (tertiary alicyclic amines) is 1. The van der Waals surface area contributed by atoms with Crippen molar-refractivity contribution in [3.63, 3.8) is 0 Å². The third-order valence-electron chi connectivity index (χ3n) is 4.60. The van der Waals surface area contributed by atoms with Crippen LogP contribution in [0, 0.1) is 18.7 Å². The average molecular weight is 370 g/mol. The Morgan fingerprint density at radius 3 is 2.70 bits per heavy atom. The molecule has 1 aliphatic rings. The van der Waals surface area contributed by atoms with Crippen LogP contribution >= 0.6 is 0 Å². The summed E-state index contributed by atoms with van der Waals surface area (Å²) >= 11 is 0. The fraction of sp³-hybridized carbons (Fsp3) is 0.350. The lowest BCUT2D eigenvalue weighted by atomic mass is 9.97. The first kappa shape index (κ1) is 18.8. The number of aryl methyl sites for hydroxylation is 1. The monoisotopic (exact) mass is 370 g/mol. The smallest absolute Gasteiger partial charge is 0.317 e. The van der Waals surface area contributed by atoms with Crippen molar-refractivity contribution in [2.24, 2.45) is 5.92 Å². The zero-order valence-electron chi connectivity index (χ0n) is 15.2. The van der Waals surface area contributed by atoms with Crippen LogP contribution in [0.2, 0.25) is 0 Å². The molecule has 3 amide bonds. The highest BCUT2D eigenvalue weighted by Crippen LogP contribution is 2.18. The number of nitrogens with one attached hydrogen (secondary N) is 2.